The number of aliphatic hydroxyl groups excluding tert-OH is 1. The van der Waals surface area contributed by atoms with Crippen molar-refractivity contribution in [2.45, 2.75) is 51.4 Å². The van der Waals surface area contributed by atoms with E-state index < -0.39 is 54.2 Å². The first kappa shape index (κ1) is 28.0. The van der Waals surface area contributed by atoms with E-state index in [1.54, 1.807) is 20.8 Å². The number of nitrogens with one attached hydrogen (secondary N) is 1. The van der Waals surface area contributed by atoms with E-state index >= 15 is 0 Å². The number of ether oxygens (including phenoxy) is 3. The lowest BCUT2D eigenvalue weighted by molar-refractivity contribution is -0.141. The molecule has 0 radical (unpaired) electrons. The molecular formula is C24H27F4N3O6. The number of hydrogen-bond acceptors (Lipinski definition) is 7. The van der Waals surface area contributed by atoms with Crippen molar-refractivity contribution in [3.63, 3.8) is 0 Å². The monoisotopic (exact) mass is 529 g/mol. The van der Waals surface area contributed by atoms with Crippen LogP contribution in [0.1, 0.15) is 42.4 Å². The molecule has 0 spiro atoms. The van der Waals surface area contributed by atoms with Gasteiger partial charge in [0.1, 0.15) is 36.1 Å². The van der Waals surface area contributed by atoms with Gasteiger partial charge in [-0.2, -0.15) is 13.2 Å². The van der Waals surface area contributed by atoms with Gasteiger partial charge in [-0.25, -0.2) is 14.2 Å². The number of hydrogen-bond donors (Lipinski definition) is 2. The van der Waals surface area contributed by atoms with Crippen LogP contribution < -0.4 is 14.8 Å². The van der Waals surface area contributed by atoms with E-state index in [-0.39, 0.29) is 35.7 Å². The number of aliphatic hydroxyl groups is 1. The van der Waals surface area contributed by atoms with Crippen molar-refractivity contribution in [2.75, 3.05) is 20.2 Å². The lowest BCUT2D eigenvalue weighted by Gasteiger charge is -2.20. The average Bonchev–Trinajstić information content (AvgIpc) is 3.13. The predicted octanol–water partition coefficient (Wildman–Crippen LogP) is 4.08. The standard InChI is InChI=1S/C24H27F4N3O6/c1-23(2,3)30-22(34)36-12-13-5-19(24(26,27)28)29-20(6-13)37-16-8-14(7-15(9-16)35-4)21(33)31-10-17(25)18(32)11-31/h5-9,17-18,32H,10-12H2,1-4H3,(H,30,34). The molecule has 1 aliphatic heterocycles. The fraction of sp³-hybridized carbons (Fsp3) is 0.458. The number of benzene rings is 1. The summed E-state index contributed by atoms with van der Waals surface area (Å²) in [5, 5.41) is 12.1. The summed E-state index contributed by atoms with van der Waals surface area (Å²) in [7, 11) is 1.31. The first-order valence-electron chi connectivity index (χ1n) is 11.2. The number of likely N-dealkylation sites (tertiary alicyclic amines) is 1. The molecule has 37 heavy (non-hydrogen) atoms. The predicted molar refractivity (Wildman–Crippen MR) is 122 cm³/mol. The van der Waals surface area contributed by atoms with Gasteiger partial charge in [0.05, 0.1) is 13.7 Å². The highest BCUT2D eigenvalue weighted by molar-refractivity contribution is 5.95. The molecule has 3 rings (SSSR count). The van der Waals surface area contributed by atoms with E-state index in [4.69, 9.17) is 14.2 Å². The van der Waals surface area contributed by atoms with Crippen LogP contribution in [0.2, 0.25) is 0 Å². The van der Waals surface area contributed by atoms with Crippen molar-refractivity contribution in [3.8, 4) is 17.4 Å². The van der Waals surface area contributed by atoms with Gasteiger partial charge >= 0.3 is 12.3 Å². The third kappa shape index (κ3) is 7.68. The van der Waals surface area contributed by atoms with Crippen molar-refractivity contribution in [2.24, 2.45) is 0 Å². The quantitative estimate of drug-likeness (QED) is 0.543. The smallest absolute Gasteiger partial charge is 0.433 e. The third-order valence-corrected chi connectivity index (χ3v) is 5.09. The van der Waals surface area contributed by atoms with Crippen LogP contribution in [-0.4, -0.2) is 65.0 Å². The highest BCUT2D eigenvalue weighted by atomic mass is 19.4. The Hall–Kier alpha value is -3.61. The topological polar surface area (TPSA) is 110 Å². The van der Waals surface area contributed by atoms with Gasteiger partial charge in [0, 0.05) is 29.8 Å². The van der Waals surface area contributed by atoms with Crippen molar-refractivity contribution in [1.82, 2.24) is 15.2 Å². The van der Waals surface area contributed by atoms with Crippen molar-refractivity contribution in [1.29, 1.82) is 0 Å². The summed E-state index contributed by atoms with van der Waals surface area (Å²) < 4.78 is 69.8. The van der Waals surface area contributed by atoms with Gasteiger partial charge in [-0.3, -0.25) is 4.79 Å². The van der Waals surface area contributed by atoms with Crippen LogP contribution in [0.15, 0.2) is 30.3 Å². The molecule has 1 aliphatic rings. The molecule has 1 aromatic carbocycles. The summed E-state index contributed by atoms with van der Waals surface area (Å²) in [6.45, 7) is 4.12. The van der Waals surface area contributed by atoms with E-state index in [0.717, 1.165) is 17.0 Å². The highest BCUT2D eigenvalue weighted by Crippen LogP contribution is 2.33. The molecule has 2 unspecified atom stereocenters. The normalized spacial score (nSPS) is 17.9. The molecule has 0 aliphatic carbocycles. The zero-order valence-corrected chi connectivity index (χ0v) is 20.6. The molecule has 2 heterocycles. The minimum absolute atomic E-state index is 0.00466. The molecule has 9 nitrogen and oxygen atoms in total. The van der Waals surface area contributed by atoms with Gasteiger partial charge in [0.2, 0.25) is 5.88 Å². The first-order valence-corrected chi connectivity index (χ1v) is 11.2. The summed E-state index contributed by atoms with van der Waals surface area (Å²) in [6, 6.07) is 5.79. The van der Waals surface area contributed by atoms with Crippen LogP contribution in [0.5, 0.6) is 17.4 Å². The number of rotatable bonds is 6. The van der Waals surface area contributed by atoms with Crippen molar-refractivity contribution in [3.05, 3.63) is 47.2 Å². The highest BCUT2D eigenvalue weighted by Gasteiger charge is 2.35. The largest absolute Gasteiger partial charge is 0.497 e. The van der Waals surface area contributed by atoms with Crippen molar-refractivity contribution >= 4 is 12.0 Å². The van der Waals surface area contributed by atoms with Crippen LogP contribution in [-0.2, 0) is 17.5 Å². The molecule has 2 N–H and O–H groups in total. The molecule has 0 saturated carbocycles. The van der Waals surface area contributed by atoms with E-state index in [9.17, 15) is 32.3 Å². The Bertz CT molecular complexity index is 1140. The van der Waals surface area contributed by atoms with Gasteiger partial charge in [0.15, 0.2) is 0 Å². The second-order valence-corrected chi connectivity index (χ2v) is 9.44. The summed E-state index contributed by atoms with van der Waals surface area (Å²) in [5.41, 5.74) is -1.93. The van der Waals surface area contributed by atoms with Gasteiger partial charge in [0.25, 0.3) is 5.91 Å². The second kappa shape index (κ2) is 10.8. The molecule has 1 aromatic heterocycles. The Kier molecular flexibility index (Phi) is 8.16. The number of alkyl carbamates (subject to hydrolysis) is 1. The number of carbonyl (C=O) groups is 2. The van der Waals surface area contributed by atoms with Crippen LogP contribution in [0, 0.1) is 0 Å². The Balaban J connectivity index is 1.87. The van der Waals surface area contributed by atoms with Gasteiger partial charge < -0.3 is 29.5 Å². The maximum Gasteiger partial charge on any atom is 0.433 e. The first-order chi connectivity index (χ1) is 17.1. The second-order valence-electron chi connectivity index (χ2n) is 9.44. The number of amides is 2. The molecule has 1 fully saturated rings. The minimum Gasteiger partial charge on any atom is -0.497 e. The molecule has 13 heteroatoms. The fourth-order valence-electron chi connectivity index (χ4n) is 3.42. The van der Waals surface area contributed by atoms with E-state index in [1.165, 1.54) is 25.3 Å². The molecule has 2 amide bonds. The third-order valence-electron chi connectivity index (χ3n) is 5.09. The summed E-state index contributed by atoms with van der Waals surface area (Å²) >= 11 is 0. The van der Waals surface area contributed by atoms with Crippen molar-refractivity contribution < 1.29 is 46.5 Å². The number of alkyl halides is 4. The van der Waals surface area contributed by atoms with E-state index in [2.05, 4.69) is 10.3 Å². The molecule has 2 aromatic rings. The Morgan fingerprint density at radius 1 is 1.11 bits per heavy atom. The molecule has 2 atom stereocenters. The van der Waals surface area contributed by atoms with Crippen LogP contribution in [0.4, 0.5) is 22.4 Å². The fourth-order valence-corrected chi connectivity index (χ4v) is 3.42. The summed E-state index contributed by atoms with van der Waals surface area (Å²) in [4.78, 5) is 29.3. The SMILES string of the molecule is COc1cc(Oc2cc(COC(=O)NC(C)(C)C)cc(C(F)(F)F)n2)cc(C(=O)N2CC(O)C(F)C2)c1. The van der Waals surface area contributed by atoms with Crippen LogP contribution in [0.3, 0.4) is 0 Å². The lowest BCUT2D eigenvalue weighted by atomic mass is 10.1. The molecular weight excluding hydrogens is 502 g/mol. The van der Waals surface area contributed by atoms with Gasteiger partial charge in [-0.05, 0) is 44.5 Å². The van der Waals surface area contributed by atoms with Gasteiger partial charge in [-0.15, -0.1) is 0 Å². The van der Waals surface area contributed by atoms with E-state index in [1.807, 2.05) is 0 Å². The molecule has 1 saturated heterocycles. The minimum atomic E-state index is -4.82. The maximum atomic E-state index is 13.7. The molecule has 202 valence electrons. The lowest BCUT2D eigenvalue weighted by Crippen LogP contribution is -2.40. The Labute approximate surface area is 210 Å². The number of aromatic nitrogens is 1. The maximum absolute atomic E-state index is 13.7. The number of halogens is 4. The summed E-state index contributed by atoms with van der Waals surface area (Å²) in [6.07, 6.45) is -8.55. The van der Waals surface area contributed by atoms with Gasteiger partial charge in [-0.1, -0.05) is 0 Å². The number of carbonyl (C=O) groups excluding carboxylic acids is 2. The Morgan fingerprint density at radius 3 is 2.35 bits per heavy atom. The zero-order valence-electron chi connectivity index (χ0n) is 20.6. The average molecular weight is 529 g/mol. The van der Waals surface area contributed by atoms with E-state index in [0.29, 0.717) is 0 Å². The number of methoxy groups -OCH3 is 1. The van der Waals surface area contributed by atoms with Crippen LogP contribution >= 0.6 is 0 Å². The van der Waals surface area contributed by atoms with Crippen LogP contribution in [0.25, 0.3) is 0 Å². The summed E-state index contributed by atoms with van der Waals surface area (Å²) in [5.74, 6) is -1.04. The number of nitrogens with zero attached hydrogens (tertiary/aromatic N) is 2. The zero-order chi connectivity index (χ0) is 27.5. The molecule has 0 bridgehead atoms. The number of pyridine rings is 1. The Morgan fingerprint density at radius 2 is 1.78 bits per heavy atom. The number of β-amino-alcohol motifs (C(OH)–C–C–N with tert-alkyl or cyclic N) is 1.